The first kappa shape index (κ1) is 16.4. The average molecular weight is 325 g/mol. The summed E-state index contributed by atoms with van der Waals surface area (Å²) < 4.78 is 49.8. The van der Waals surface area contributed by atoms with Gasteiger partial charge in [0.1, 0.15) is 11.6 Å². The molecule has 0 saturated heterocycles. The third kappa shape index (κ3) is 4.04. The molecule has 1 N–H and O–H groups in total. The van der Waals surface area contributed by atoms with Gasteiger partial charge < -0.3 is 5.32 Å². The molecule has 2 rings (SSSR count). The molecule has 0 saturated carbocycles. The van der Waals surface area contributed by atoms with E-state index in [-0.39, 0.29) is 17.2 Å². The number of rotatable bonds is 5. The Hall–Kier alpha value is -1.95. The Morgan fingerprint density at radius 3 is 2.32 bits per heavy atom. The van der Waals surface area contributed by atoms with Crippen molar-refractivity contribution in [1.82, 2.24) is 0 Å². The van der Waals surface area contributed by atoms with Crippen LogP contribution in [0.15, 0.2) is 36.4 Å². The van der Waals surface area contributed by atoms with E-state index in [9.17, 15) is 17.2 Å². The van der Waals surface area contributed by atoms with Gasteiger partial charge in [-0.05, 0) is 36.2 Å². The van der Waals surface area contributed by atoms with Crippen LogP contribution in [0.4, 0.5) is 20.2 Å². The van der Waals surface area contributed by atoms with Gasteiger partial charge in [0.05, 0.1) is 11.4 Å². The molecule has 0 unspecified atom stereocenters. The van der Waals surface area contributed by atoms with Crippen molar-refractivity contribution >= 4 is 21.2 Å². The van der Waals surface area contributed by atoms with Gasteiger partial charge in [-0.2, -0.15) is 0 Å². The fourth-order valence-electron chi connectivity index (χ4n) is 2.05. The van der Waals surface area contributed by atoms with Crippen molar-refractivity contribution in [2.24, 2.45) is 0 Å². The number of hydrogen-bond acceptors (Lipinski definition) is 3. The zero-order valence-electron chi connectivity index (χ0n) is 12.4. The van der Waals surface area contributed by atoms with E-state index in [1.807, 2.05) is 0 Å². The standard InChI is InChI=1S/C16H17F2NO2S/c1-3-22(20,21)10-12-4-6-15(11(2)8-12)19-16-7-5-13(17)9-14(16)18/h4-9,19H,3,10H2,1-2H3. The van der Waals surface area contributed by atoms with Gasteiger partial charge in [-0.3, -0.25) is 0 Å². The van der Waals surface area contributed by atoms with Gasteiger partial charge in [-0.15, -0.1) is 0 Å². The van der Waals surface area contributed by atoms with Gasteiger partial charge in [-0.25, -0.2) is 17.2 Å². The first-order chi connectivity index (χ1) is 10.3. The highest BCUT2D eigenvalue weighted by atomic mass is 32.2. The lowest BCUT2D eigenvalue weighted by molar-refractivity contribution is 0.586. The molecule has 0 amide bonds. The lowest BCUT2D eigenvalue weighted by Crippen LogP contribution is -2.07. The highest BCUT2D eigenvalue weighted by molar-refractivity contribution is 7.90. The molecule has 2 aromatic rings. The van der Waals surface area contributed by atoms with Crippen LogP contribution in [0.3, 0.4) is 0 Å². The molecule has 3 nitrogen and oxygen atoms in total. The predicted molar refractivity (Wildman–Crippen MR) is 84.0 cm³/mol. The number of benzene rings is 2. The third-order valence-corrected chi connectivity index (χ3v) is 4.97. The average Bonchev–Trinajstić information content (AvgIpc) is 2.44. The van der Waals surface area contributed by atoms with Crippen molar-refractivity contribution in [3.05, 3.63) is 59.2 Å². The monoisotopic (exact) mass is 325 g/mol. The molecule has 0 radical (unpaired) electrons. The summed E-state index contributed by atoms with van der Waals surface area (Å²) in [4.78, 5) is 0. The van der Waals surface area contributed by atoms with Gasteiger partial charge in [-0.1, -0.05) is 19.1 Å². The minimum absolute atomic E-state index is 0.0183. The first-order valence-corrected chi connectivity index (χ1v) is 8.65. The van der Waals surface area contributed by atoms with Crippen LogP contribution in [-0.2, 0) is 15.6 Å². The molecule has 6 heteroatoms. The van der Waals surface area contributed by atoms with Crippen molar-refractivity contribution in [2.75, 3.05) is 11.1 Å². The molecule has 0 aliphatic rings. The van der Waals surface area contributed by atoms with Crippen molar-refractivity contribution in [2.45, 2.75) is 19.6 Å². The van der Waals surface area contributed by atoms with Gasteiger partial charge in [0.2, 0.25) is 0 Å². The number of hydrogen-bond donors (Lipinski definition) is 1. The lowest BCUT2D eigenvalue weighted by Gasteiger charge is -2.12. The molecular formula is C16H17F2NO2S. The molecule has 0 bridgehead atoms. The number of anilines is 2. The quantitative estimate of drug-likeness (QED) is 0.905. The summed E-state index contributed by atoms with van der Waals surface area (Å²) in [5.41, 5.74) is 2.28. The largest absolute Gasteiger partial charge is 0.353 e. The maximum atomic E-state index is 13.6. The normalized spacial score (nSPS) is 11.5. The fraction of sp³-hybridized carbons (Fsp3) is 0.250. The van der Waals surface area contributed by atoms with Gasteiger partial charge in [0, 0.05) is 17.5 Å². The van der Waals surface area contributed by atoms with Crippen LogP contribution in [0.2, 0.25) is 0 Å². The second-order valence-corrected chi connectivity index (χ2v) is 7.43. The molecule has 0 aromatic heterocycles. The summed E-state index contributed by atoms with van der Waals surface area (Å²) in [6, 6.07) is 8.42. The molecule has 0 aliphatic carbocycles. The Bertz CT molecular complexity index is 789. The number of nitrogens with one attached hydrogen (secondary N) is 1. The first-order valence-electron chi connectivity index (χ1n) is 6.83. The van der Waals surface area contributed by atoms with E-state index in [1.165, 1.54) is 12.1 Å². The molecule has 2 aromatic carbocycles. The Morgan fingerprint density at radius 2 is 1.73 bits per heavy atom. The number of aryl methyl sites for hydroxylation is 1. The van der Waals surface area contributed by atoms with E-state index < -0.39 is 21.5 Å². The van der Waals surface area contributed by atoms with Crippen LogP contribution in [0.1, 0.15) is 18.1 Å². The van der Waals surface area contributed by atoms with Crippen LogP contribution in [0.5, 0.6) is 0 Å². The van der Waals surface area contributed by atoms with Gasteiger partial charge >= 0.3 is 0 Å². The van der Waals surface area contributed by atoms with Crippen molar-refractivity contribution in [1.29, 1.82) is 0 Å². The van der Waals surface area contributed by atoms with Gasteiger partial charge in [0.15, 0.2) is 9.84 Å². The SMILES string of the molecule is CCS(=O)(=O)Cc1ccc(Nc2ccc(F)cc2F)c(C)c1. The molecule has 118 valence electrons. The molecular weight excluding hydrogens is 308 g/mol. The van der Waals surface area contributed by atoms with E-state index in [4.69, 9.17) is 0 Å². The summed E-state index contributed by atoms with van der Waals surface area (Å²) in [6.07, 6.45) is 0. The zero-order valence-corrected chi connectivity index (χ0v) is 13.2. The second kappa shape index (κ2) is 6.44. The lowest BCUT2D eigenvalue weighted by atomic mass is 10.1. The van der Waals surface area contributed by atoms with E-state index in [2.05, 4.69) is 5.32 Å². The Morgan fingerprint density at radius 1 is 1.05 bits per heavy atom. The fourth-order valence-corrected chi connectivity index (χ4v) is 2.94. The van der Waals surface area contributed by atoms with Crippen LogP contribution in [0.25, 0.3) is 0 Å². The summed E-state index contributed by atoms with van der Waals surface area (Å²) in [5, 5.41) is 2.88. The van der Waals surface area contributed by atoms with E-state index in [0.29, 0.717) is 11.3 Å². The van der Waals surface area contributed by atoms with Crippen LogP contribution >= 0.6 is 0 Å². The molecule has 0 aliphatic heterocycles. The minimum Gasteiger partial charge on any atom is -0.353 e. The zero-order chi connectivity index (χ0) is 16.3. The smallest absolute Gasteiger partial charge is 0.154 e. The van der Waals surface area contributed by atoms with E-state index in [1.54, 1.807) is 32.0 Å². The maximum absolute atomic E-state index is 13.6. The van der Waals surface area contributed by atoms with Crippen LogP contribution in [0, 0.1) is 18.6 Å². The van der Waals surface area contributed by atoms with Crippen molar-refractivity contribution in [3.8, 4) is 0 Å². The second-order valence-electron chi connectivity index (χ2n) is 5.08. The van der Waals surface area contributed by atoms with Crippen molar-refractivity contribution in [3.63, 3.8) is 0 Å². The Kier molecular flexibility index (Phi) is 4.81. The maximum Gasteiger partial charge on any atom is 0.154 e. The molecule has 0 atom stereocenters. The predicted octanol–water partition coefficient (Wildman–Crippen LogP) is 3.95. The molecule has 0 fully saturated rings. The number of halogens is 2. The van der Waals surface area contributed by atoms with Gasteiger partial charge in [0.25, 0.3) is 0 Å². The van der Waals surface area contributed by atoms with E-state index >= 15 is 0 Å². The summed E-state index contributed by atoms with van der Waals surface area (Å²) in [7, 11) is -3.09. The number of sulfone groups is 1. The summed E-state index contributed by atoms with van der Waals surface area (Å²) in [6.45, 7) is 3.40. The molecule has 0 heterocycles. The summed E-state index contributed by atoms with van der Waals surface area (Å²) >= 11 is 0. The molecule has 0 spiro atoms. The summed E-state index contributed by atoms with van der Waals surface area (Å²) in [5.74, 6) is -1.25. The highest BCUT2D eigenvalue weighted by Gasteiger charge is 2.11. The minimum atomic E-state index is -3.09. The third-order valence-electron chi connectivity index (χ3n) is 3.32. The van der Waals surface area contributed by atoms with Crippen LogP contribution < -0.4 is 5.32 Å². The Labute approximate surface area is 128 Å². The highest BCUT2D eigenvalue weighted by Crippen LogP contribution is 2.24. The topological polar surface area (TPSA) is 46.2 Å². The van der Waals surface area contributed by atoms with E-state index in [0.717, 1.165) is 11.6 Å². The van der Waals surface area contributed by atoms with Crippen LogP contribution in [-0.4, -0.2) is 14.2 Å². The Balaban J connectivity index is 2.23. The molecule has 22 heavy (non-hydrogen) atoms. The van der Waals surface area contributed by atoms with Crippen molar-refractivity contribution < 1.29 is 17.2 Å².